The minimum absolute atomic E-state index is 0.445. The molecule has 0 radical (unpaired) electrons. The Kier molecular flexibility index (Phi) is 2.82. The number of hydrogen-bond donors (Lipinski definition) is 1. The maximum Gasteiger partial charge on any atom is 0.147 e. The minimum atomic E-state index is 0.445. The van der Waals surface area contributed by atoms with Gasteiger partial charge in [0.25, 0.3) is 0 Å². The van der Waals surface area contributed by atoms with Crippen molar-refractivity contribution in [2.45, 2.75) is 25.7 Å². The fraction of sp³-hybridized carbons (Fsp3) is 0.400. The number of nitrogens with one attached hydrogen (secondary N) is 1. The third-order valence-electron chi connectivity index (χ3n) is 4.01. The van der Waals surface area contributed by atoms with E-state index in [0.29, 0.717) is 11.8 Å². The van der Waals surface area contributed by atoms with E-state index in [9.17, 15) is 0 Å². The topological polar surface area (TPSA) is 38.1 Å². The van der Waals surface area contributed by atoms with Crippen LogP contribution in [0.3, 0.4) is 0 Å². The maximum absolute atomic E-state index is 5.11. The molecule has 0 saturated carbocycles. The van der Waals surface area contributed by atoms with Crippen molar-refractivity contribution in [3.8, 4) is 0 Å². The van der Waals surface area contributed by atoms with E-state index in [1.165, 1.54) is 11.1 Å². The molecule has 1 aliphatic carbocycles. The van der Waals surface area contributed by atoms with Crippen molar-refractivity contribution in [2.24, 2.45) is 5.92 Å². The molecule has 18 heavy (non-hydrogen) atoms. The lowest BCUT2D eigenvalue weighted by molar-refractivity contribution is 0.369. The summed E-state index contributed by atoms with van der Waals surface area (Å²) in [6.45, 7) is 2.30. The largest absolute Gasteiger partial charge is 0.384 e. The van der Waals surface area contributed by atoms with Crippen LogP contribution < -0.4 is 5.32 Å². The van der Waals surface area contributed by atoms with Crippen molar-refractivity contribution in [1.29, 1.82) is 0 Å². The van der Waals surface area contributed by atoms with Gasteiger partial charge in [-0.25, -0.2) is 0 Å². The van der Waals surface area contributed by atoms with E-state index < -0.39 is 0 Å². The van der Waals surface area contributed by atoms with Gasteiger partial charge < -0.3 is 9.84 Å². The van der Waals surface area contributed by atoms with E-state index in [1.54, 1.807) is 6.26 Å². The summed E-state index contributed by atoms with van der Waals surface area (Å²) in [5.41, 5.74) is 5.02. The molecule has 2 atom stereocenters. The van der Waals surface area contributed by atoms with E-state index in [0.717, 1.165) is 24.2 Å². The summed E-state index contributed by atoms with van der Waals surface area (Å²) in [4.78, 5) is 0. The monoisotopic (exact) mass is 242 g/mol. The average Bonchev–Trinajstić information content (AvgIpc) is 2.86. The van der Waals surface area contributed by atoms with E-state index in [-0.39, 0.29) is 0 Å². The molecule has 2 unspecified atom stereocenters. The van der Waals surface area contributed by atoms with Crippen molar-refractivity contribution in [3.63, 3.8) is 0 Å². The van der Waals surface area contributed by atoms with Crippen LogP contribution in [0, 0.1) is 5.92 Å². The second-order valence-corrected chi connectivity index (χ2v) is 5.12. The molecule has 0 fully saturated rings. The van der Waals surface area contributed by atoms with Crippen LogP contribution in [-0.2, 0) is 12.8 Å². The smallest absolute Gasteiger partial charge is 0.147 e. The van der Waals surface area contributed by atoms with Gasteiger partial charge in [0.2, 0.25) is 0 Å². The van der Waals surface area contributed by atoms with Gasteiger partial charge >= 0.3 is 0 Å². The first-order valence-corrected chi connectivity index (χ1v) is 6.48. The SMILES string of the molecule is CNc1conc1C1Cc2ccccc2CC1C. The zero-order valence-electron chi connectivity index (χ0n) is 10.8. The second kappa shape index (κ2) is 4.48. The Balaban J connectivity index is 1.96. The molecule has 1 aromatic heterocycles. The number of anilines is 1. The lowest BCUT2D eigenvalue weighted by Crippen LogP contribution is -2.22. The maximum atomic E-state index is 5.11. The standard InChI is InChI=1S/C15H18N2O/c1-10-7-11-5-3-4-6-12(11)8-13(10)15-14(16-2)9-18-17-15/h3-6,9-10,13,16H,7-8H2,1-2H3. The molecule has 3 rings (SSSR count). The zero-order chi connectivity index (χ0) is 12.5. The summed E-state index contributed by atoms with van der Waals surface area (Å²) in [6.07, 6.45) is 3.87. The van der Waals surface area contributed by atoms with Gasteiger partial charge in [0, 0.05) is 13.0 Å². The molecule has 3 nitrogen and oxygen atoms in total. The van der Waals surface area contributed by atoms with Gasteiger partial charge in [0.05, 0.1) is 5.69 Å². The Bertz CT molecular complexity index is 547. The molecule has 3 heteroatoms. The van der Waals surface area contributed by atoms with Gasteiger partial charge in [0.1, 0.15) is 12.0 Å². The number of rotatable bonds is 2. The first-order chi connectivity index (χ1) is 8.79. The van der Waals surface area contributed by atoms with Gasteiger partial charge in [-0.05, 0) is 29.9 Å². The Labute approximate surface area is 107 Å². The lowest BCUT2D eigenvalue weighted by Gasteiger charge is -2.29. The number of benzene rings is 1. The third-order valence-corrected chi connectivity index (χ3v) is 4.01. The molecule has 1 N–H and O–H groups in total. The number of fused-ring (bicyclic) bond motifs is 1. The fourth-order valence-corrected chi connectivity index (χ4v) is 2.95. The van der Waals surface area contributed by atoms with Crippen molar-refractivity contribution in [3.05, 3.63) is 47.3 Å². The molecular formula is C15H18N2O. The van der Waals surface area contributed by atoms with Crippen LogP contribution >= 0.6 is 0 Å². The molecule has 1 aliphatic rings. The highest BCUT2D eigenvalue weighted by Gasteiger charge is 2.30. The highest BCUT2D eigenvalue weighted by atomic mass is 16.5. The number of nitrogens with zero attached hydrogens (tertiary/aromatic N) is 1. The second-order valence-electron chi connectivity index (χ2n) is 5.12. The van der Waals surface area contributed by atoms with E-state index in [4.69, 9.17) is 4.52 Å². The summed E-state index contributed by atoms with van der Waals surface area (Å²) in [5.74, 6) is 1.04. The minimum Gasteiger partial charge on any atom is -0.384 e. The van der Waals surface area contributed by atoms with Gasteiger partial charge in [-0.3, -0.25) is 0 Å². The number of hydrogen-bond acceptors (Lipinski definition) is 3. The molecule has 0 spiro atoms. The van der Waals surface area contributed by atoms with Crippen molar-refractivity contribution in [1.82, 2.24) is 5.16 Å². The van der Waals surface area contributed by atoms with E-state index in [2.05, 4.69) is 41.7 Å². The van der Waals surface area contributed by atoms with Crippen molar-refractivity contribution >= 4 is 5.69 Å². The van der Waals surface area contributed by atoms with Crippen LogP contribution in [0.15, 0.2) is 35.1 Å². The highest BCUT2D eigenvalue weighted by Crippen LogP contribution is 2.38. The first-order valence-electron chi connectivity index (χ1n) is 6.48. The summed E-state index contributed by atoms with van der Waals surface area (Å²) >= 11 is 0. The predicted octanol–water partition coefficient (Wildman–Crippen LogP) is 3.23. The van der Waals surface area contributed by atoms with E-state index >= 15 is 0 Å². The molecule has 0 saturated heterocycles. The van der Waals surface area contributed by atoms with Gasteiger partial charge in [-0.1, -0.05) is 36.3 Å². The van der Waals surface area contributed by atoms with Gasteiger partial charge in [-0.15, -0.1) is 0 Å². The van der Waals surface area contributed by atoms with Crippen LogP contribution in [0.25, 0.3) is 0 Å². The quantitative estimate of drug-likeness (QED) is 0.878. The molecule has 0 bridgehead atoms. The third kappa shape index (κ3) is 1.80. The highest BCUT2D eigenvalue weighted by molar-refractivity contribution is 5.47. The van der Waals surface area contributed by atoms with Gasteiger partial charge in [-0.2, -0.15) is 0 Å². The van der Waals surface area contributed by atoms with Crippen molar-refractivity contribution < 1.29 is 4.52 Å². The molecule has 1 heterocycles. The summed E-state index contributed by atoms with van der Waals surface area (Å²) < 4.78 is 5.11. The molecule has 2 aromatic rings. The van der Waals surface area contributed by atoms with E-state index in [1.807, 2.05) is 7.05 Å². The average molecular weight is 242 g/mol. The van der Waals surface area contributed by atoms with Crippen LogP contribution in [-0.4, -0.2) is 12.2 Å². The Morgan fingerprint density at radius 3 is 2.67 bits per heavy atom. The first kappa shape index (κ1) is 11.3. The van der Waals surface area contributed by atoms with Crippen LogP contribution in [0.1, 0.15) is 29.7 Å². The normalized spacial score (nSPS) is 22.6. The van der Waals surface area contributed by atoms with Crippen LogP contribution in [0.2, 0.25) is 0 Å². The Morgan fingerprint density at radius 1 is 1.22 bits per heavy atom. The lowest BCUT2D eigenvalue weighted by atomic mass is 9.75. The summed E-state index contributed by atoms with van der Waals surface area (Å²) in [7, 11) is 1.91. The number of aromatic nitrogens is 1. The Morgan fingerprint density at radius 2 is 1.94 bits per heavy atom. The fourth-order valence-electron chi connectivity index (χ4n) is 2.95. The van der Waals surface area contributed by atoms with Gasteiger partial charge in [0.15, 0.2) is 0 Å². The predicted molar refractivity (Wildman–Crippen MR) is 71.8 cm³/mol. The summed E-state index contributed by atoms with van der Waals surface area (Å²) in [5, 5.41) is 7.36. The molecule has 0 aliphatic heterocycles. The molecule has 0 amide bonds. The van der Waals surface area contributed by atoms with Crippen molar-refractivity contribution in [2.75, 3.05) is 12.4 Å². The molecular weight excluding hydrogens is 224 g/mol. The summed E-state index contributed by atoms with van der Waals surface area (Å²) in [6, 6.07) is 8.71. The molecule has 1 aromatic carbocycles. The molecule has 94 valence electrons. The Hall–Kier alpha value is -1.77. The van der Waals surface area contributed by atoms with Crippen LogP contribution in [0.4, 0.5) is 5.69 Å². The van der Waals surface area contributed by atoms with Crippen LogP contribution in [0.5, 0.6) is 0 Å². The zero-order valence-corrected chi connectivity index (χ0v) is 10.8.